The van der Waals surface area contributed by atoms with E-state index in [1.165, 1.54) is 16.0 Å². The lowest BCUT2D eigenvalue weighted by Crippen LogP contribution is -2.29. The lowest BCUT2D eigenvalue weighted by Gasteiger charge is -2.28. The third-order valence-electron chi connectivity index (χ3n) is 3.58. The molecule has 1 aromatic carbocycles. The van der Waals surface area contributed by atoms with Crippen molar-refractivity contribution in [2.45, 2.75) is 19.5 Å². The van der Waals surface area contributed by atoms with Crippen molar-refractivity contribution in [2.24, 2.45) is 5.73 Å². The minimum Gasteiger partial charge on any atom is -0.320 e. The van der Waals surface area contributed by atoms with Crippen LogP contribution in [-0.2, 0) is 19.5 Å². The number of nitrogens with two attached hydrogens (primary N) is 1. The highest BCUT2D eigenvalue weighted by atomic mass is 32.1. The summed E-state index contributed by atoms with van der Waals surface area (Å²) < 4.78 is 0. The van der Waals surface area contributed by atoms with Crippen LogP contribution in [0.3, 0.4) is 0 Å². The van der Waals surface area contributed by atoms with Gasteiger partial charge in [-0.2, -0.15) is 0 Å². The number of thiophene rings is 1. The van der Waals surface area contributed by atoms with Crippen molar-refractivity contribution in [3.05, 3.63) is 57.3 Å². The summed E-state index contributed by atoms with van der Waals surface area (Å²) in [7, 11) is 0. The predicted molar refractivity (Wildman–Crippen MR) is 84.5 cm³/mol. The highest BCUT2D eigenvalue weighted by molar-refractivity contribution is 7.10. The molecule has 102 valence electrons. The molecule has 3 rings (SSSR count). The van der Waals surface area contributed by atoms with Gasteiger partial charge in [-0.15, -0.1) is 11.3 Å². The van der Waals surface area contributed by atoms with Crippen LogP contribution >= 0.6 is 11.3 Å². The number of nitrogens with zero attached hydrogens (tertiary/aromatic N) is 1. The average Bonchev–Trinajstić information content (AvgIpc) is 2.92. The minimum atomic E-state index is 0.425. The van der Waals surface area contributed by atoms with E-state index in [1.807, 2.05) is 0 Å². The molecule has 0 amide bonds. The Morgan fingerprint density at radius 1 is 1.25 bits per heavy atom. The molecule has 0 fully saturated rings. The molecular weight excluding hydrogens is 264 g/mol. The Labute approximate surface area is 124 Å². The first-order chi connectivity index (χ1) is 9.85. The Balaban J connectivity index is 1.66. The van der Waals surface area contributed by atoms with Gasteiger partial charge in [-0.05, 0) is 23.6 Å². The third-order valence-corrected chi connectivity index (χ3v) is 4.50. The fourth-order valence-corrected chi connectivity index (χ4v) is 3.45. The standard InChI is InChI=1S/C17H18N2S/c18-8-3-4-14-10-17(20-13-14)12-19-9-7-15-5-1-2-6-16(15)11-19/h1-2,5-6,10,13H,7-9,11-12,18H2. The van der Waals surface area contributed by atoms with Crippen molar-refractivity contribution in [3.63, 3.8) is 0 Å². The molecule has 0 unspecified atom stereocenters. The summed E-state index contributed by atoms with van der Waals surface area (Å²) in [4.78, 5) is 3.89. The van der Waals surface area contributed by atoms with Crippen LogP contribution in [0.4, 0.5) is 0 Å². The average molecular weight is 282 g/mol. The molecule has 2 aromatic rings. The normalized spacial score (nSPS) is 14.4. The largest absolute Gasteiger partial charge is 0.320 e. The Morgan fingerprint density at radius 3 is 2.95 bits per heavy atom. The summed E-state index contributed by atoms with van der Waals surface area (Å²) in [6, 6.07) is 10.9. The molecule has 0 saturated carbocycles. The zero-order valence-corrected chi connectivity index (χ0v) is 12.2. The van der Waals surface area contributed by atoms with Crippen molar-refractivity contribution >= 4 is 11.3 Å². The molecule has 0 atom stereocenters. The van der Waals surface area contributed by atoms with Crippen LogP contribution in [0.1, 0.15) is 21.6 Å². The second-order valence-corrected chi connectivity index (χ2v) is 6.03. The van der Waals surface area contributed by atoms with E-state index in [4.69, 9.17) is 5.73 Å². The Bertz CT molecular complexity index is 648. The van der Waals surface area contributed by atoms with Crippen molar-refractivity contribution in [1.82, 2.24) is 4.90 Å². The fraction of sp³-hybridized carbons (Fsp3) is 0.294. The van der Waals surface area contributed by atoms with Gasteiger partial charge in [0.1, 0.15) is 0 Å². The number of fused-ring (bicyclic) bond motifs is 1. The fourth-order valence-electron chi connectivity index (χ4n) is 2.59. The van der Waals surface area contributed by atoms with Gasteiger partial charge in [-0.1, -0.05) is 36.1 Å². The molecule has 2 N–H and O–H groups in total. The van der Waals surface area contributed by atoms with Gasteiger partial charge >= 0.3 is 0 Å². The van der Waals surface area contributed by atoms with E-state index in [-0.39, 0.29) is 0 Å². The summed E-state index contributed by atoms with van der Waals surface area (Å²) >= 11 is 1.79. The van der Waals surface area contributed by atoms with Crippen LogP contribution in [0.15, 0.2) is 35.7 Å². The summed E-state index contributed by atoms with van der Waals surface area (Å²) in [5, 5.41) is 2.12. The predicted octanol–water partition coefficient (Wildman–Crippen LogP) is 2.62. The van der Waals surface area contributed by atoms with E-state index < -0.39 is 0 Å². The van der Waals surface area contributed by atoms with E-state index in [9.17, 15) is 0 Å². The summed E-state index contributed by atoms with van der Waals surface area (Å²) in [5.41, 5.74) is 9.46. The zero-order valence-electron chi connectivity index (χ0n) is 11.4. The van der Waals surface area contributed by atoms with E-state index in [1.54, 1.807) is 11.3 Å². The van der Waals surface area contributed by atoms with Gasteiger partial charge in [0.25, 0.3) is 0 Å². The first kappa shape index (κ1) is 13.4. The first-order valence-corrected chi connectivity index (χ1v) is 7.78. The third kappa shape index (κ3) is 3.10. The molecule has 0 aliphatic carbocycles. The number of benzene rings is 1. The van der Waals surface area contributed by atoms with Crippen molar-refractivity contribution in [1.29, 1.82) is 0 Å². The van der Waals surface area contributed by atoms with Crippen molar-refractivity contribution in [3.8, 4) is 11.8 Å². The summed E-state index contributed by atoms with van der Waals surface area (Å²) in [6.07, 6.45) is 1.15. The number of hydrogen-bond acceptors (Lipinski definition) is 3. The quantitative estimate of drug-likeness (QED) is 0.858. The van der Waals surface area contributed by atoms with Crippen LogP contribution in [0.5, 0.6) is 0 Å². The van der Waals surface area contributed by atoms with Crippen LogP contribution in [0.25, 0.3) is 0 Å². The SMILES string of the molecule is NCC#Cc1csc(CN2CCc3ccccc3C2)c1. The Kier molecular flexibility index (Phi) is 4.17. The Hall–Kier alpha value is -1.60. The van der Waals surface area contributed by atoms with Crippen molar-refractivity contribution in [2.75, 3.05) is 13.1 Å². The molecule has 0 bridgehead atoms. The second kappa shape index (κ2) is 6.23. The zero-order chi connectivity index (χ0) is 13.8. The van der Waals surface area contributed by atoms with Gasteiger partial charge in [-0.3, -0.25) is 4.90 Å². The molecule has 3 heteroatoms. The lowest BCUT2D eigenvalue weighted by atomic mass is 10.00. The molecule has 0 saturated heterocycles. The topological polar surface area (TPSA) is 29.3 Å². The Morgan fingerprint density at radius 2 is 2.10 bits per heavy atom. The highest BCUT2D eigenvalue weighted by Gasteiger charge is 2.16. The van der Waals surface area contributed by atoms with E-state index in [0.29, 0.717) is 6.54 Å². The second-order valence-electron chi connectivity index (χ2n) is 5.04. The summed E-state index contributed by atoms with van der Waals surface area (Å²) in [6.45, 7) is 3.63. The molecule has 1 aliphatic heterocycles. The van der Waals surface area contributed by atoms with Gasteiger partial charge in [0, 0.05) is 35.5 Å². The lowest BCUT2D eigenvalue weighted by molar-refractivity contribution is 0.248. The molecule has 1 aromatic heterocycles. The van der Waals surface area contributed by atoms with Crippen LogP contribution in [0, 0.1) is 11.8 Å². The molecule has 0 spiro atoms. The number of hydrogen-bond donors (Lipinski definition) is 1. The van der Waals surface area contributed by atoms with E-state index in [2.05, 4.69) is 52.5 Å². The van der Waals surface area contributed by atoms with E-state index >= 15 is 0 Å². The van der Waals surface area contributed by atoms with Crippen molar-refractivity contribution < 1.29 is 0 Å². The monoisotopic (exact) mass is 282 g/mol. The molecule has 20 heavy (non-hydrogen) atoms. The van der Waals surface area contributed by atoms with Gasteiger partial charge < -0.3 is 5.73 Å². The molecular formula is C17H18N2S. The molecule has 1 aliphatic rings. The maximum Gasteiger partial charge on any atom is 0.0555 e. The van der Waals surface area contributed by atoms with Crippen LogP contribution in [-0.4, -0.2) is 18.0 Å². The van der Waals surface area contributed by atoms with Gasteiger partial charge in [0.05, 0.1) is 6.54 Å². The smallest absolute Gasteiger partial charge is 0.0555 e. The molecule has 0 radical (unpaired) electrons. The number of rotatable bonds is 2. The van der Waals surface area contributed by atoms with Crippen LogP contribution in [0.2, 0.25) is 0 Å². The van der Waals surface area contributed by atoms with Gasteiger partial charge in [0.2, 0.25) is 0 Å². The van der Waals surface area contributed by atoms with Gasteiger partial charge in [-0.25, -0.2) is 0 Å². The molecule has 2 heterocycles. The van der Waals surface area contributed by atoms with Crippen LogP contribution < -0.4 is 5.73 Å². The first-order valence-electron chi connectivity index (χ1n) is 6.90. The minimum absolute atomic E-state index is 0.425. The van der Waals surface area contributed by atoms with Gasteiger partial charge in [0.15, 0.2) is 0 Å². The highest BCUT2D eigenvalue weighted by Crippen LogP contribution is 2.22. The maximum absolute atomic E-state index is 5.40. The summed E-state index contributed by atoms with van der Waals surface area (Å²) in [5.74, 6) is 6.00. The maximum atomic E-state index is 5.40. The molecule has 2 nitrogen and oxygen atoms in total. The van der Waals surface area contributed by atoms with E-state index in [0.717, 1.165) is 31.6 Å².